The van der Waals surface area contributed by atoms with E-state index in [1.54, 1.807) is 18.2 Å². The molecule has 1 aliphatic rings. The maximum Gasteiger partial charge on any atom is 0.411 e. The third-order valence-corrected chi connectivity index (χ3v) is 3.72. The molecule has 1 fully saturated rings. The number of carbonyl (C=O) groups is 1. The number of ether oxygens (including phenoxy) is 1. The van der Waals surface area contributed by atoms with Gasteiger partial charge in [0.1, 0.15) is 6.61 Å². The number of benzene rings is 1. The minimum absolute atomic E-state index is 0.139. The van der Waals surface area contributed by atoms with Gasteiger partial charge >= 0.3 is 6.18 Å². The molecule has 0 bridgehead atoms. The average molecular weight is 315 g/mol. The lowest BCUT2D eigenvalue weighted by atomic mass is 9.92. The van der Waals surface area contributed by atoms with Crippen LogP contribution in [0.4, 0.5) is 13.2 Å². The van der Waals surface area contributed by atoms with Crippen LogP contribution >= 0.6 is 0 Å². The molecule has 2 atom stereocenters. The van der Waals surface area contributed by atoms with Gasteiger partial charge in [-0.25, -0.2) is 0 Å². The summed E-state index contributed by atoms with van der Waals surface area (Å²) >= 11 is 0. The molecule has 0 aromatic heterocycles. The van der Waals surface area contributed by atoms with E-state index in [0.717, 1.165) is 18.4 Å². The topological polar surface area (TPSA) is 38.3 Å². The number of halogens is 3. The summed E-state index contributed by atoms with van der Waals surface area (Å²) in [6.07, 6.45) is -2.21. The summed E-state index contributed by atoms with van der Waals surface area (Å²) in [6, 6.07) is 7.08. The summed E-state index contributed by atoms with van der Waals surface area (Å²) in [7, 11) is 0. The average Bonchev–Trinajstić information content (AvgIpc) is 2.45. The normalized spacial score (nSPS) is 22.4. The molecule has 2 rings (SSSR count). The van der Waals surface area contributed by atoms with Crippen LogP contribution in [0.15, 0.2) is 24.3 Å². The van der Waals surface area contributed by atoms with E-state index < -0.39 is 18.9 Å². The fourth-order valence-corrected chi connectivity index (χ4v) is 2.69. The molecule has 0 spiro atoms. The molecule has 122 valence electrons. The van der Waals surface area contributed by atoms with Crippen molar-refractivity contribution in [1.82, 2.24) is 5.32 Å². The van der Waals surface area contributed by atoms with Crippen molar-refractivity contribution in [2.45, 2.75) is 50.9 Å². The highest BCUT2D eigenvalue weighted by atomic mass is 19.4. The van der Waals surface area contributed by atoms with E-state index in [2.05, 4.69) is 5.32 Å². The fraction of sp³-hybridized carbons (Fsp3) is 0.562. The molecule has 0 heterocycles. The third-order valence-electron chi connectivity index (χ3n) is 3.72. The number of carbonyl (C=O) groups excluding carboxylic acids is 1. The first-order valence-corrected chi connectivity index (χ1v) is 7.39. The molecule has 0 unspecified atom stereocenters. The van der Waals surface area contributed by atoms with Gasteiger partial charge in [0.05, 0.1) is 6.10 Å². The lowest BCUT2D eigenvalue weighted by Gasteiger charge is -2.30. The van der Waals surface area contributed by atoms with E-state index in [1.807, 2.05) is 13.0 Å². The first-order valence-electron chi connectivity index (χ1n) is 7.39. The smallest absolute Gasteiger partial charge is 0.369 e. The number of rotatable bonds is 4. The van der Waals surface area contributed by atoms with Crippen molar-refractivity contribution in [2.24, 2.45) is 0 Å². The van der Waals surface area contributed by atoms with Crippen LogP contribution in [-0.4, -0.2) is 30.8 Å². The Morgan fingerprint density at radius 3 is 2.82 bits per heavy atom. The van der Waals surface area contributed by atoms with Crippen LogP contribution < -0.4 is 5.32 Å². The van der Waals surface area contributed by atoms with E-state index in [9.17, 15) is 18.0 Å². The summed E-state index contributed by atoms with van der Waals surface area (Å²) < 4.78 is 41.5. The minimum Gasteiger partial charge on any atom is -0.369 e. The van der Waals surface area contributed by atoms with Crippen molar-refractivity contribution in [3.8, 4) is 0 Å². The van der Waals surface area contributed by atoms with E-state index in [0.29, 0.717) is 18.4 Å². The summed E-state index contributed by atoms with van der Waals surface area (Å²) in [5.41, 5.74) is 1.56. The highest BCUT2D eigenvalue weighted by Crippen LogP contribution is 2.24. The monoisotopic (exact) mass is 315 g/mol. The number of amides is 1. The number of hydrogen-bond donors (Lipinski definition) is 1. The van der Waals surface area contributed by atoms with Gasteiger partial charge in [-0.3, -0.25) is 4.79 Å². The lowest BCUT2D eigenvalue weighted by molar-refractivity contribution is -0.188. The lowest BCUT2D eigenvalue weighted by Crippen LogP contribution is -2.41. The highest BCUT2D eigenvalue weighted by Gasteiger charge is 2.31. The van der Waals surface area contributed by atoms with Crippen LogP contribution in [0.1, 0.15) is 41.6 Å². The number of nitrogens with one attached hydrogen (secondary N) is 1. The maximum atomic E-state index is 12.2. The zero-order valence-electron chi connectivity index (χ0n) is 12.5. The van der Waals surface area contributed by atoms with Gasteiger partial charge in [-0.1, -0.05) is 17.7 Å². The van der Waals surface area contributed by atoms with Crippen molar-refractivity contribution in [1.29, 1.82) is 0 Å². The zero-order valence-corrected chi connectivity index (χ0v) is 12.5. The molecule has 22 heavy (non-hydrogen) atoms. The molecular weight excluding hydrogens is 295 g/mol. The molecule has 3 nitrogen and oxygen atoms in total. The minimum atomic E-state index is -4.31. The van der Waals surface area contributed by atoms with Gasteiger partial charge in [0.2, 0.25) is 0 Å². The summed E-state index contributed by atoms with van der Waals surface area (Å²) in [6.45, 7) is 0.675. The predicted molar refractivity (Wildman–Crippen MR) is 76.7 cm³/mol. The Bertz CT molecular complexity index is 516. The molecule has 0 aliphatic heterocycles. The standard InChI is InChI=1S/C16H20F3NO2/c1-11-4-2-5-12(8-11)15(21)20-13-6-3-7-14(9-13)22-10-16(17,18)19/h2,4-5,8,13-14H,3,6-7,9-10H2,1H3,(H,20,21)/t13-,14-/m0/s1. The predicted octanol–water partition coefficient (Wildman–Crippen LogP) is 3.61. The van der Waals surface area contributed by atoms with E-state index in [1.165, 1.54) is 0 Å². The molecule has 1 N–H and O–H groups in total. The largest absolute Gasteiger partial charge is 0.411 e. The van der Waals surface area contributed by atoms with E-state index in [4.69, 9.17) is 4.74 Å². The van der Waals surface area contributed by atoms with Crippen LogP contribution in [0.25, 0.3) is 0 Å². The van der Waals surface area contributed by atoms with Gasteiger partial charge in [0, 0.05) is 11.6 Å². The quantitative estimate of drug-likeness (QED) is 0.921. The molecule has 1 amide bonds. The first-order chi connectivity index (χ1) is 10.3. The molecule has 0 radical (unpaired) electrons. The Hall–Kier alpha value is -1.56. The van der Waals surface area contributed by atoms with Gasteiger partial charge in [-0.15, -0.1) is 0 Å². The number of alkyl halides is 3. The Morgan fingerprint density at radius 2 is 2.14 bits per heavy atom. The van der Waals surface area contributed by atoms with Gasteiger partial charge in [0.25, 0.3) is 5.91 Å². The Balaban J connectivity index is 1.86. The SMILES string of the molecule is Cc1cccc(C(=O)N[C@H]2CCC[C@H](OCC(F)(F)F)C2)c1. The molecule has 0 saturated heterocycles. The van der Waals surface area contributed by atoms with Crippen LogP contribution in [0, 0.1) is 6.92 Å². The third kappa shape index (κ3) is 5.33. The molecule has 1 aromatic carbocycles. The van der Waals surface area contributed by atoms with Gasteiger partial charge < -0.3 is 10.1 Å². The Labute approximate surface area is 127 Å². The number of aryl methyl sites for hydroxylation is 1. The molecular formula is C16H20F3NO2. The highest BCUT2D eigenvalue weighted by molar-refractivity contribution is 5.94. The van der Waals surface area contributed by atoms with E-state index in [-0.39, 0.29) is 11.9 Å². The van der Waals surface area contributed by atoms with Crippen LogP contribution in [0.5, 0.6) is 0 Å². The zero-order chi connectivity index (χ0) is 16.2. The van der Waals surface area contributed by atoms with Crippen molar-refractivity contribution >= 4 is 5.91 Å². The second-order valence-electron chi connectivity index (χ2n) is 5.75. The molecule has 1 saturated carbocycles. The van der Waals surface area contributed by atoms with Crippen LogP contribution in [0.2, 0.25) is 0 Å². The Kier molecular flexibility index (Phi) is 5.45. The first kappa shape index (κ1) is 16.8. The van der Waals surface area contributed by atoms with Gasteiger partial charge in [-0.05, 0) is 44.7 Å². The second-order valence-corrected chi connectivity index (χ2v) is 5.75. The van der Waals surface area contributed by atoms with Crippen molar-refractivity contribution < 1.29 is 22.7 Å². The van der Waals surface area contributed by atoms with Gasteiger partial charge in [0.15, 0.2) is 0 Å². The van der Waals surface area contributed by atoms with Crippen LogP contribution in [-0.2, 0) is 4.74 Å². The van der Waals surface area contributed by atoms with Crippen LogP contribution in [0.3, 0.4) is 0 Å². The molecule has 6 heteroatoms. The van der Waals surface area contributed by atoms with Gasteiger partial charge in [-0.2, -0.15) is 13.2 Å². The second kappa shape index (κ2) is 7.13. The fourth-order valence-electron chi connectivity index (χ4n) is 2.69. The summed E-state index contributed by atoms with van der Waals surface area (Å²) in [5, 5.41) is 2.89. The van der Waals surface area contributed by atoms with Crippen molar-refractivity contribution in [3.63, 3.8) is 0 Å². The summed E-state index contributed by atoms with van der Waals surface area (Å²) in [5.74, 6) is -0.190. The maximum absolute atomic E-state index is 12.2. The molecule has 1 aromatic rings. The van der Waals surface area contributed by atoms with Crippen molar-refractivity contribution in [3.05, 3.63) is 35.4 Å². The van der Waals surface area contributed by atoms with E-state index >= 15 is 0 Å². The Morgan fingerprint density at radius 1 is 1.36 bits per heavy atom. The number of hydrogen-bond acceptors (Lipinski definition) is 2. The summed E-state index contributed by atoms with van der Waals surface area (Å²) in [4.78, 5) is 12.2. The van der Waals surface area contributed by atoms with Crippen molar-refractivity contribution in [2.75, 3.05) is 6.61 Å². The molecule has 1 aliphatic carbocycles.